The fraction of sp³-hybridized carbons (Fsp3) is 0.412. The van der Waals surface area contributed by atoms with Gasteiger partial charge in [0.25, 0.3) is 0 Å². The van der Waals surface area contributed by atoms with Gasteiger partial charge in [0.05, 0.1) is 4.58 Å². The van der Waals surface area contributed by atoms with E-state index in [1.807, 2.05) is 48.0 Å². The van der Waals surface area contributed by atoms with Crippen LogP contribution in [0.15, 0.2) is 34.4 Å². The van der Waals surface area contributed by atoms with Crippen molar-refractivity contribution in [2.24, 2.45) is 0 Å². The van der Waals surface area contributed by atoms with Crippen molar-refractivity contribution in [3.63, 3.8) is 0 Å². The number of carbonyl (C=O) groups excluding carboxylic acids is 1. The van der Waals surface area contributed by atoms with Crippen LogP contribution in [0.3, 0.4) is 0 Å². The van der Waals surface area contributed by atoms with Crippen LogP contribution < -0.4 is 10.2 Å². The molecule has 1 fully saturated rings. The van der Waals surface area contributed by atoms with E-state index >= 15 is 0 Å². The van der Waals surface area contributed by atoms with Gasteiger partial charge in [-0.05, 0) is 42.5 Å². The molecule has 2 heterocycles. The molecule has 128 valence electrons. The molecule has 0 bridgehead atoms. The Balaban J connectivity index is 1.59. The van der Waals surface area contributed by atoms with Gasteiger partial charge in [-0.3, -0.25) is 9.59 Å². The molecule has 0 atom stereocenters. The number of thiazole rings is 1. The van der Waals surface area contributed by atoms with Crippen molar-refractivity contribution in [2.45, 2.75) is 30.9 Å². The number of aromatic nitrogens is 1. The Labute approximate surface area is 154 Å². The molecule has 7 heteroatoms. The fourth-order valence-electron chi connectivity index (χ4n) is 2.55. The van der Waals surface area contributed by atoms with Gasteiger partial charge in [0.1, 0.15) is 0 Å². The number of nitrogens with zero attached hydrogens (tertiary/aromatic N) is 1. The monoisotopic (exact) mass is 380 g/mol. The van der Waals surface area contributed by atoms with Crippen molar-refractivity contribution < 1.29 is 4.79 Å². The maximum Gasteiger partial charge on any atom is 0.307 e. The minimum Gasteiger partial charge on any atom is -0.326 e. The maximum atomic E-state index is 12.2. The third-order valence-corrected chi connectivity index (χ3v) is 7.70. The van der Waals surface area contributed by atoms with Crippen molar-refractivity contribution in [3.05, 3.63) is 50.6 Å². The van der Waals surface area contributed by atoms with Crippen LogP contribution in [-0.4, -0.2) is 22.0 Å². The molecule has 4 nitrogen and oxygen atoms in total. The van der Waals surface area contributed by atoms with E-state index < -0.39 is 0 Å². The summed E-state index contributed by atoms with van der Waals surface area (Å²) < 4.78 is 2.11. The number of anilines is 1. The number of carbonyl (C=O) groups is 1. The summed E-state index contributed by atoms with van der Waals surface area (Å²) in [6.45, 7) is 2.31. The smallest absolute Gasteiger partial charge is 0.307 e. The van der Waals surface area contributed by atoms with E-state index in [4.69, 9.17) is 0 Å². The highest BCUT2D eigenvalue weighted by Gasteiger charge is 2.17. The molecular weight excluding hydrogens is 360 g/mol. The van der Waals surface area contributed by atoms with E-state index in [0.717, 1.165) is 11.4 Å². The second-order valence-electron chi connectivity index (χ2n) is 5.65. The first-order valence-corrected chi connectivity index (χ1v) is 10.9. The molecule has 1 N–H and O–H groups in total. The van der Waals surface area contributed by atoms with Gasteiger partial charge in [-0.25, -0.2) is 0 Å². The van der Waals surface area contributed by atoms with Crippen molar-refractivity contribution in [3.8, 4) is 0 Å². The molecule has 1 saturated heterocycles. The Kier molecular flexibility index (Phi) is 6.08. The molecule has 0 saturated carbocycles. The zero-order chi connectivity index (χ0) is 16.9. The Hall–Kier alpha value is -1.18. The topological polar surface area (TPSA) is 51.1 Å². The van der Waals surface area contributed by atoms with Gasteiger partial charge in [-0.15, -0.1) is 23.5 Å². The summed E-state index contributed by atoms with van der Waals surface area (Å²) in [7, 11) is 0. The molecule has 1 aromatic carbocycles. The second kappa shape index (κ2) is 8.27. The fourth-order valence-corrected chi connectivity index (χ4v) is 6.19. The number of thioether (sulfide) groups is 2. The summed E-state index contributed by atoms with van der Waals surface area (Å²) >= 11 is 5.11. The first-order valence-electron chi connectivity index (χ1n) is 7.91. The van der Waals surface area contributed by atoms with Crippen LogP contribution in [0.4, 0.5) is 5.69 Å². The molecular formula is C17H20N2O2S3. The van der Waals surface area contributed by atoms with Crippen LogP contribution in [0, 0.1) is 6.92 Å². The molecule has 0 unspecified atom stereocenters. The number of hydrogen-bond donors (Lipinski definition) is 1. The van der Waals surface area contributed by atoms with Crippen LogP contribution in [0.25, 0.3) is 0 Å². The number of amides is 1. The van der Waals surface area contributed by atoms with E-state index in [1.54, 1.807) is 4.57 Å². The summed E-state index contributed by atoms with van der Waals surface area (Å²) in [4.78, 5) is 23.9. The van der Waals surface area contributed by atoms with Crippen molar-refractivity contribution >= 4 is 46.5 Å². The number of rotatable bonds is 5. The second-order valence-corrected chi connectivity index (χ2v) is 9.19. The van der Waals surface area contributed by atoms with Crippen LogP contribution in [0.2, 0.25) is 0 Å². The molecule has 3 rings (SSSR count). The first-order chi connectivity index (χ1) is 11.6. The van der Waals surface area contributed by atoms with Gasteiger partial charge in [0.15, 0.2) is 0 Å². The van der Waals surface area contributed by atoms with Gasteiger partial charge < -0.3 is 9.88 Å². The molecule has 0 aliphatic carbocycles. The standard InChI is InChI=1S/C17H20N2O2S3/c1-12-11-24-17(21)19(12)7-6-15(20)18-14-5-2-4-13(10-14)16-22-8-3-9-23-16/h2,4-5,10-11,16H,3,6-9H2,1H3,(H,18,20). The number of aryl methyl sites for hydroxylation is 1. The summed E-state index contributed by atoms with van der Waals surface area (Å²) in [6, 6.07) is 8.10. The maximum absolute atomic E-state index is 12.2. The van der Waals surface area contributed by atoms with Crippen LogP contribution in [0.5, 0.6) is 0 Å². The van der Waals surface area contributed by atoms with Crippen LogP contribution >= 0.6 is 34.9 Å². The summed E-state index contributed by atoms with van der Waals surface area (Å²) in [5.41, 5.74) is 3.00. The third-order valence-electron chi connectivity index (χ3n) is 3.81. The van der Waals surface area contributed by atoms with Crippen LogP contribution in [-0.2, 0) is 11.3 Å². The van der Waals surface area contributed by atoms with Crippen LogP contribution in [0.1, 0.15) is 28.7 Å². The van der Waals surface area contributed by atoms with Crippen molar-refractivity contribution in [2.75, 3.05) is 16.8 Å². The number of hydrogen-bond acceptors (Lipinski definition) is 5. The molecule has 1 amide bonds. The molecule has 0 radical (unpaired) electrons. The first kappa shape index (κ1) is 17.6. The van der Waals surface area contributed by atoms with Gasteiger partial charge in [-0.1, -0.05) is 23.5 Å². The number of benzene rings is 1. The Morgan fingerprint density at radius 3 is 2.83 bits per heavy atom. The highest BCUT2D eigenvalue weighted by molar-refractivity contribution is 8.16. The normalized spacial score (nSPS) is 15.4. The predicted octanol–water partition coefficient (Wildman–Crippen LogP) is 4.12. The summed E-state index contributed by atoms with van der Waals surface area (Å²) in [5, 5.41) is 4.78. The highest BCUT2D eigenvalue weighted by atomic mass is 32.2. The van der Waals surface area contributed by atoms with Crippen molar-refractivity contribution in [1.29, 1.82) is 0 Å². The quantitative estimate of drug-likeness (QED) is 0.848. The average molecular weight is 381 g/mol. The molecule has 1 aliphatic heterocycles. The van der Waals surface area contributed by atoms with Gasteiger partial charge in [-0.2, -0.15) is 0 Å². The highest BCUT2D eigenvalue weighted by Crippen LogP contribution is 2.44. The lowest BCUT2D eigenvalue weighted by molar-refractivity contribution is -0.116. The largest absolute Gasteiger partial charge is 0.326 e. The lowest BCUT2D eigenvalue weighted by Crippen LogP contribution is -2.20. The van der Waals surface area contributed by atoms with E-state index in [0.29, 0.717) is 17.5 Å². The molecule has 1 aliphatic rings. The van der Waals surface area contributed by atoms with E-state index in [1.165, 1.54) is 34.8 Å². The summed E-state index contributed by atoms with van der Waals surface area (Å²) in [5.74, 6) is 2.33. The predicted molar refractivity (Wildman–Crippen MR) is 105 cm³/mol. The van der Waals surface area contributed by atoms with Crippen molar-refractivity contribution in [1.82, 2.24) is 4.57 Å². The Morgan fingerprint density at radius 2 is 2.12 bits per heavy atom. The SMILES string of the molecule is Cc1csc(=O)n1CCC(=O)Nc1cccc(C2SCCCS2)c1. The van der Waals surface area contributed by atoms with Gasteiger partial charge >= 0.3 is 4.87 Å². The van der Waals surface area contributed by atoms with Gasteiger partial charge in [0.2, 0.25) is 5.91 Å². The minimum atomic E-state index is -0.0615. The summed E-state index contributed by atoms with van der Waals surface area (Å²) in [6.07, 6.45) is 1.57. The molecule has 1 aromatic heterocycles. The molecule has 24 heavy (non-hydrogen) atoms. The zero-order valence-electron chi connectivity index (χ0n) is 13.5. The molecule has 2 aromatic rings. The van der Waals surface area contributed by atoms with E-state index in [-0.39, 0.29) is 10.8 Å². The lowest BCUT2D eigenvalue weighted by Gasteiger charge is -2.21. The van der Waals surface area contributed by atoms with Gasteiger partial charge in [0, 0.05) is 29.7 Å². The lowest BCUT2D eigenvalue weighted by atomic mass is 10.2. The number of nitrogens with one attached hydrogen (secondary N) is 1. The Morgan fingerprint density at radius 1 is 1.33 bits per heavy atom. The van der Waals surface area contributed by atoms with E-state index in [2.05, 4.69) is 17.4 Å². The zero-order valence-corrected chi connectivity index (χ0v) is 15.9. The van der Waals surface area contributed by atoms with E-state index in [9.17, 15) is 9.59 Å². The molecule has 0 spiro atoms. The minimum absolute atomic E-state index is 0.00588. The third kappa shape index (κ3) is 4.46. The average Bonchev–Trinajstić information content (AvgIpc) is 2.92. The Bertz CT molecular complexity index is 763.